The molecule has 6 N–H and O–H groups in total. The zero-order valence-corrected chi connectivity index (χ0v) is 55.6. The summed E-state index contributed by atoms with van der Waals surface area (Å²) in [4.78, 5) is 123. The highest BCUT2D eigenvalue weighted by Gasteiger charge is 2.39. The number of cyclic esters (lactones) is 1. The maximum Gasteiger partial charge on any atom is 0.410 e. The zero-order chi connectivity index (χ0) is 67.0. The summed E-state index contributed by atoms with van der Waals surface area (Å²) in [6.07, 6.45) is 0.620. The number of amides is 5. The number of ether oxygens (including phenoxy) is 4. The lowest BCUT2D eigenvalue weighted by atomic mass is 10.0. The molecule has 7 fully saturated rings. The minimum Gasteiger partial charge on any atom is -0.478 e. The first kappa shape index (κ1) is 72.6. The topological polar surface area (TPSA) is 318 Å². The third-order valence-corrected chi connectivity index (χ3v) is 17.0. The van der Waals surface area contributed by atoms with Crippen LogP contribution in [0.15, 0.2) is 54.6 Å². The second-order valence-corrected chi connectivity index (χ2v) is 27.2. The quantitative estimate of drug-likeness (QED) is 0.0915. The van der Waals surface area contributed by atoms with Crippen molar-refractivity contribution in [3.05, 3.63) is 88.0 Å². The monoisotopic (exact) mass is 1320 g/mol. The Morgan fingerprint density at radius 3 is 1.35 bits per heavy atom. The predicted octanol–water partition coefficient (Wildman–Crippen LogP) is 4.83. The Hall–Kier alpha value is -7.82. The molecular formula is C65H92ClN11O16. The van der Waals surface area contributed by atoms with Gasteiger partial charge in [-0.1, -0.05) is 0 Å². The average molecular weight is 1320 g/mol. The number of aliphatic hydroxyl groups is 1. The number of carbonyl (C=O) groups excluding carboxylic acids is 7. The molecule has 8 aliphatic rings. The van der Waals surface area contributed by atoms with E-state index >= 15 is 0 Å². The zero-order valence-electron chi connectivity index (χ0n) is 54.8. The number of aliphatic hydroxyl groups excluding tert-OH is 1. The third kappa shape index (κ3) is 19.6. The Labute approximate surface area is 549 Å². The van der Waals surface area contributed by atoms with Crippen molar-refractivity contribution in [2.24, 2.45) is 5.73 Å². The molecule has 4 atom stereocenters. The number of hydrogen-bond acceptors (Lipinski definition) is 21. The highest BCUT2D eigenvalue weighted by molar-refractivity contribution is 6.00. The van der Waals surface area contributed by atoms with Gasteiger partial charge in [-0.2, -0.15) is 0 Å². The number of nitrogens with one attached hydrogen (secondary N) is 1. The molecule has 0 radical (unpaired) electrons. The number of halogens is 1. The van der Waals surface area contributed by atoms with Gasteiger partial charge in [-0.3, -0.25) is 34.4 Å². The summed E-state index contributed by atoms with van der Waals surface area (Å²) in [5.41, 5.74) is 8.93. The second-order valence-electron chi connectivity index (χ2n) is 27.2. The van der Waals surface area contributed by atoms with E-state index in [2.05, 4.69) is 40.8 Å². The average Bonchev–Trinajstić information content (AvgIpc) is 1.64. The Morgan fingerprint density at radius 1 is 0.570 bits per heavy atom. The lowest BCUT2D eigenvalue weighted by molar-refractivity contribution is -0.134. The standard InChI is InChI=1S/C20H29N3O5.C20H27N3O5.C20H27N3O4.C5H8N2O2.ClH/c2*1-20(2,3)28-19(27)23-9-7-21-6-8-22(11-16(21)12-23)15-4-5-17(18(25)26)14(10-15)13-24;1-20(2,3)27-19(25)23-9-7-21-6-8-22(11-16(21)12-23)15-4-5-17-14(10-15)13-26-18(17)24;6-3-1-2-4(8)7-5(3)9;/h4-5,10,16,24H,6-9,11-13H2,1-3H3,(H,25,26);4-5,10,13,16H,6-9,11-12H2,1-3H3,(H,25,26);4-5,10,16H,6-9,11-13H2,1-3H3;3H,1-2,6H2,(H,7,8,9);1H. The molecular weight excluding hydrogens is 1230 g/mol. The Kier molecular flexibility index (Phi) is 24.2. The number of nitrogens with zero attached hydrogens (tertiary/aromatic N) is 9. The first-order chi connectivity index (χ1) is 43.3. The van der Waals surface area contributed by atoms with Crippen molar-refractivity contribution in [2.75, 3.05) is 133 Å². The summed E-state index contributed by atoms with van der Waals surface area (Å²) < 4.78 is 21.6. The molecule has 11 rings (SSSR count). The minimum atomic E-state index is -1.11. The molecule has 28 heteroatoms. The van der Waals surface area contributed by atoms with Crippen LogP contribution in [-0.2, 0) is 41.8 Å². The summed E-state index contributed by atoms with van der Waals surface area (Å²) in [5, 5.41) is 30.1. The number of aldehydes is 1. The fourth-order valence-electron chi connectivity index (χ4n) is 12.2. The van der Waals surface area contributed by atoms with Gasteiger partial charge in [-0.15, -0.1) is 12.4 Å². The molecule has 0 aromatic heterocycles. The number of carboxylic acid groups (broad SMARTS) is 2. The number of carboxylic acids is 2. The van der Waals surface area contributed by atoms with Crippen LogP contribution in [0.25, 0.3) is 0 Å². The number of rotatable bonds is 7. The van der Waals surface area contributed by atoms with E-state index in [-0.39, 0.29) is 89.9 Å². The van der Waals surface area contributed by atoms with E-state index in [1.54, 1.807) is 40.1 Å². The number of carbonyl (C=O) groups is 9. The van der Waals surface area contributed by atoms with Crippen LogP contribution >= 0.6 is 12.4 Å². The number of aromatic carboxylic acids is 2. The van der Waals surface area contributed by atoms with E-state index in [1.165, 1.54) is 6.07 Å². The molecule has 3 aromatic carbocycles. The van der Waals surface area contributed by atoms with Crippen molar-refractivity contribution in [2.45, 2.75) is 129 Å². The van der Waals surface area contributed by atoms with Gasteiger partial charge < -0.3 is 69.4 Å². The molecule has 0 saturated carbocycles. The van der Waals surface area contributed by atoms with E-state index in [0.29, 0.717) is 82.7 Å². The van der Waals surface area contributed by atoms with E-state index in [1.807, 2.05) is 79.3 Å². The van der Waals surface area contributed by atoms with Crippen LogP contribution in [0.5, 0.6) is 0 Å². The fraction of sp³-hybridized carbons (Fsp3) is 0.585. The van der Waals surface area contributed by atoms with Gasteiger partial charge in [-0.25, -0.2) is 28.8 Å². The first-order valence-electron chi connectivity index (χ1n) is 31.5. The van der Waals surface area contributed by atoms with Gasteiger partial charge >= 0.3 is 36.2 Å². The van der Waals surface area contributed by atoms with Crippen molar-refractivity contribution in [3.8, 4) is 0 Å². The number of anilines is 3. The molecule has 8 heterocycles. The van der Waals surface area contributed by atoms with Gasteiger partial charge in [0.1, 0.15) is 23.4 Å². The molecule has 93 heavy (non-hydrogen) atoms. The van der Waals surface area contributed by atoms with Gasteiger partial charge in [0, 0.05) is 171 Å². The fourth-order valence-corrected chi connectivity index (χ4v) is 12.2. The highest BCUT2D eigenvalue weighted by Crippen LogP contribution is 2.31. The van der Waals surface area contributed by atoms with Gasteiger partial charge in [0.2, 0.25) is 11.8 Å². The lowest BCUT2D eigenvalue weighted by Gasteiger charge is -2.47. The van der Waals surface area contributed by atoms with Crippen molar-refractivity contribution in [1.82, 2.24) is 34.7 Å². The number of hydrogen-bond donors (Lipinski definition) is 5. The molecule has 510 valence electrons. The van der Waals surface area contributed by atoms with Crippen LogP contribution < -0.4 is 25.8 Å². The van der Waals surface area contributed by atoms with E-state index in [4.69, 9.17) is 24.7 Å². The van der Waals surface area contributed by atoms with Gasteiger partial charge in [-0.05, 0) is 129 Å². The number of nitrogens with two attached hydrogens (primary N) is 1. The smallest absolute Gasteiger partial charge is 0.410 e. The molecule has 8 aliphatic heterocycles. The van der Waals surface area contributed by atoms with E-state index < -0.39 is 34.8 Å². The lowest BCUT2D eigenvalue weighted by Crippen LogP contribution is -2.63. The summed E-state index contributed by atoms with van der Waals surface area (Å²) in [7, 11) is 0. The number of benzene rings is 3. The Balaban J connectivity index is 0.000000184. The molecule has 0 spiro atoms. The van der Waals surface area contributed by atoms with E-state index in [9.17, 15) is 58.5 Å². The SMILES string of the molecule is CC(C)(C)OC(=O)N1CCN2CCN(c3ccc(C(=O)O)c(C=O)c3)CC2C1.CC(C)(C)OC(=O)N1CCN2CCN(c3ccc(C(=O)O)c(CO)c3)CC2C1.CC(C)(C)OC(=O)N1CCN2CCN(c3ccc4c(c3)COC4=O)CC2C1.Cl.NC1CCC(=O)NC1=O. The van der Waals surface area contributed by atoms with Crippen LogP contribution in [0.3, 0.4) is 0 Å². The maximum atomic E-state index is 12.4. The van der Waals surface area contributed by atoms with E-state index in [0.717, 1.165) is 94.6 Å². The Morgan fingerprint density at radius 2 is 0.968 bits per heavy atom. The van der Waals surface area contributed by atoms with Crippen molar-refractivity contribution < 1.29 is 77.4 Å². The minimum absolute atomic E-state index is 0. The van der Waals surface area contributed by atoms with Crippen molar-refractivity contribution >= 4 is 83.8 Å². The number of imide groups is 1. The van der Waals surface area contributed by atoms with Crippen LogP contribution in [-0.4, -0.2) is 258 Å². The molecule has 5 amide bonds. The van der Waals surface area contributed by atoms with Crippen LogP contribution in [0.1, 0.15) is 128 Å². The third-order valence-electron chi connectivity index (χ3n) is 17.0. The number of piperazine rings is 6. The first-order valence-corrected chi connectivity index (χ1v) is 31.5. The summed E-state index contributed by atoms with van der Waals surface area (Å²) in [6, 6.07) is 16.0. The number of piperidine rings is 1. The summed E-state index contributed by atoms with van der Waals surface area (Å²) in [5.74, 6) is -2.96. The molecule has 0 bridgehead atoms. The van der Waals surface area contributed by atoms with Crippen molar-refractivity contribution in [1.29, 1.82) is 0 Å². The number of esters is 1. The molecule has 27 nitrogen and oxygen atoms in total. The summed E-state index contributed by atoms with van der Waals surface area (Å²) in [6.45, 7) is 30.8. The normalized spacial score (nSPS) is 21.7. The molecule has 4 unspecified atom stereocenters. The predicted molar refractivity (Wildman–Crippen MR) is 347 cm³/mol. The second kappa shape index (κ2) is 31.0. The van der Waals surface area contributed by atoms with Crippen molar-refractivity contribution in [3.63, 3.8) is 0 Å². The van der Waals surface area contributed by atoms with Gasteiger partial charge in [0.25, 0.3) is 0 Å². The number of fused-ring (bicyclic) bond motifs is 4. The maximum absolute atomic E-state index is 12.4. The van der Waals surface area contributed by atoms with Crippen LogP contribution in [0, 0.1) is 0 Å². The van der Waals surface area contributed by atoms with Gasteiger partial charge in [0.15, 0.2) is 6.29 Å². The highest BCUT2D eigenvalue weighted by atomic mass is 35.5. The Bertz CT molecular complexity index is 3220. The molecule has 0 aliphatic carbocycles. The largest absolute Gasteiger partial charge is 0.478 e. The summed E-state index contributed by atoms with van der Waals surface area (Å²) >= 11 is 0. The molecule has 7 saturated heterocycles. The van der Waals surface area contributed by atoms with Crippen LogP contribution in [0.4, 0.5) is 31.4 Å². The van der Waals surface area contributed by atoms with Crippen LogP contribution in [0.2, 0.25) is 0 Å². The molecule has 3 aromatic rings. The van der Waals surface area contributed by atoms with Gasteiger partial charge in [0.05, 0.1) is 29.3 Å².